The molecule has 124 valence electrons. The average molecular weight is 298 g/mol. The van der Waals surface area contributed by atoms with E-state index in [1.54, 1.807) is 0 Å². The van der Waals surface area contributed by atoms with Crippen LogP contribution in [0.25, 0.3) is 0 Å². The molecule has 0 amide bonds. The van der Waals surface area contributed by atoms with E-state index in [9.17, 15) is 5.11 Å². The average Bonchev–Trinajstić information content (AvgIpc) is 2.38. The first-order valence-electron chi connectivity index (χ1n) is 8.52. The summed E-state index contributed by atoms with van der Waals surface area (Å²) in [6.45, 7) is 7.99. The summed E-state index contributed by atoms with van der Waals surface area (Å²) < 4.78 is 5.37. The van der Waals surface area contributed by atoms with Gasteiger partial charge in [0, 0.05) is 45.2 Å². The van der Waals surface area contributed by atoms with Crippen molar-refractivity contribution in [2.75, 3.05) is 40.4 Å². The number of hydrogen-bond donors (Lipinski definition) is 2. The molecule has 1 heterocycles. The van der Waals surface area contributed by atoms with Gasteiger partial charge < -0.3 is 20.1 Å². The maximum Gasteiger partial charge on any atom is 0.0817 e. The third kappa shape index (κ3) is 4.41. The van der Waals surface area contributed by atoms with Gasteiger partial charge >= 0.3 is 0 Å². The molecule has 2 rings (SSSR count). The third-order valence-corrected chi connectivity index (χ3v) is 5.55. The molecule has 1 saturated carbocycles. The predicted molar refractivity (Wildman–Crippen MR) is 86.5 cm³/mol. The van der Waals surface area contributed by atoms with E-state index >= 15 is 0 Å². The first-order chi connectivity index (χ1) is 9.86. The summed E-state index contributed by atoms with van der Waals surface area (Å²) in [7, 11) is 4.25. The normalized spacial score (nSPS) is 32.3. The van der Waals surface area contributed by atoms with E-state index in [1.807, 2.05) is 0 Å². The molecule has 21 heavy (non-hydrogen) atoms. The summed E-state index contributed by atoms with van der Waals surface area (Å²) in [4.78, 5) is 2.34. The van der Waals surface area contributed by atoms with Crippen LogP contribution in [0.1, 0.15) is 46.0 Å². The SMILES string of the molecule is CNC1C(CN(C)CC2(O)CCOCC2)CCCC1(C)C. The van der Waals surface area contributed by atoms with Crippen LogP contribution in [-0.4, -0.2) is 62.0 Å². The van der Waals surface area contributed by atoms with Crippen LogP contribution in [0.4, 0.5) is 0 Å². The van der Waals surface area contributed by atoms with Gasteiger partial charge in [0.15, 0.2) is 0 Å². The molecule has 2 fully saturated rings. The van der Waals surface area contributed by atoms with Gasteiger partial charge in [-0.2, -0.15) is 0 Å². The molecule has 1 aliphatic carbocycles. The predicted octanol–water partition coefficient (Wildman–Crippen LogP) is 1.87. The summed E-state index contributed by atoms with van der Waals surface area (Å²) in [6, 6.07) is 0.568. The van der Waals surface area contributed by atoms with Gasteiger partial charge in [-0.05, 0) is 38.3 Å². The van der Waals surface area contributed by atoms with Crippen molar-refractivity contribution in [1.82, 2.24) is 10.2 Å². The minimum Gasteiger partial charge on any atom is -0.388 e. The molecule has 0 radical (unpaired) electrons. The zero-order valence-corrected chi connectivity index (χ0v) is 14.3. The van der Waals surface area contributed by atoms with Crippen LogP contribution in [0, 0.1) is 11.3 Å². The Bertz CT molecular complexity index is 327. The molecule has 0 bridgehead atoms. The molecule has 4 heteroatoms. The van der Waals surface area contributed by atoms with Gasteiger partial charge in [-0.3, -0.25) is 0 Å². The molecule has 2 unspecified atom stereocenters. The van der Waals surface area contributed by atoms with E-state index in [2.05, 4.69) is 38.2 Å². The number of hydrogen-bond acceptors (Lipinski definition) is 4. The molecule has 0 spiro atoms. The maximum absolute atomic E-state index is 10.7. The lowest BCUT2D eigenvalue weighted by molar-refractivity contribution is -0.0796. The van der Waals surface area contributed by atoms with Gasteiger partial charge in [-0.15, -0.1) is 0 Å². The molecule has 0 aromatic rings. The highest BCUT2D eigenvalue weighted by molar-refractivity contribution is 4.94. The van der Waals surface area contributed by atoms with Crippen molar-refractivity contribution in [3.05, 3.63) is 0 Å². The van der Waals surface area contributed by atoms with Crippen LogP contribution >= 0.6 is 0 Å². The fourth-order valence-electron chi connectivity index (χ4n) is 4.48. The Balaban J connectivity index is 1.90. The number of likely N-dealkylation sites (N-methyl/N-ethyl adjacent to an activating group) is 1. The Labute approximate surface area is 130 Å². The second kappa shape index (κ2) is 6.95. The summed E-state index contributed by atoms with van der Waals surface area (Å²) in [5.41, 5.74) is -0.180. The second-order valence-electron chi connectivity index (χ2n) is 7.94. The smallest absolute Gasteiger partial charge is 0.0817 e. The number of nitrogens with one attached hydrogen (secondary N) is 1. The van der Waals surface area contributed by atoms with Crippen LogP contribution in [0.15, 0.2) is 0 Å². The van der Waals surface area contributed by atoms with E-state index in [4.69, 9.17) is 4.74 Å². The molecule has 1 saturated heterocycles. The Morgan fingerprint density at radius 2 is 1.90 bits per heavy atom. The van der Waals surface area contributed by atoms with Crippen LogP contribution in [0.2, 0.25) is 0 Å². The lowest BCUT2D eigenvalue weighted by atomic mass is 9.68. The van der Waals surface area contributed by atoms with E-state index in [-0.39, 0.29) is 0 Å². The van der Waals surface area contributed by atoms with Gasteiger partial charge in [0.25, 0.3) is 0 Å². The highest BCUT2D eigenvalue weighted by Crippen LogP contribution is 2.39. The van der Waals surface area contributed by atoms with Crippen LogP contribution in [-0.2, 0) is 4.74 Å². The fraction of sp³-hybridized carbons (Fsp3) is 1.00. The van der Waals surface area contributed by atoms with E-state index in [0.717, 1.165) is 25.9 Å². The maximum atomic E-state index is 10.7. The lowest BCUT2D eigenvalue weighted by Crippen LogP contribution is -2.53. The lowest BCUT2D eigenvalue weighted by Gasteiger charge is -2.46. The van der Waals surface area contributed by atoms with E-state index < -0.39 is 5.60 Å². The van der Waals surface area contributed by atoms with Gasteiger partial charge in [0.05, 0.1) is 5.60 Å². The van der Waals surface area contributed by atoms with Crippen molar-refractivity contribution in [1.29, 1.82) is 0 Å². The van der Waals surface area contributed by atoms with Crippen molar-refractivity contribution in [3.63, 3.8) is 0 Å². The summed E-state index contributed by atoms with van der Waals surface area (Å²) in [5, 5.41) is 14.2. The Hall–Kier alpha value is -0.160. The fourth-order valence-corrected chi connectivity index (χ4v) is 4.48. The molecule has 2 atom stereocenters. The summed E-state index contributed by atoms with van der Waals surface area (Å²) in [6.07, 6.45) is 5.45. The molecular weight excluding hydrogens is 264 g/mol. The Kier molecular flexibility index (Phi) is 5.69. The second-order valence-corrected chi connectivity index (χ2v) is 7.94. The molecule has 0 aromatic heterocycles. The number of nitrogens with zero attached hydrogens (tertiary/aromatic N) is 1. The van der Waals surface area contributed by atoms with E-state index in [1.165, 1.54) is 19.3 Å². The summed E-state index contributed by atoms with van der Waals surface area (Å²) >= 11 is 0. The van der Waals surface area contributed by atoms with Crippen LogP contribution in [0.3, 0.4) is 0 Å². The molecule has 0 aromatic carbocycles. The van der Waals surface area contributed by atoms with Crippen molar-refractivity contribution < 1.29 is 9.84 Å². The quantitative estimate of drug-likeness (QED) is 0.813. The van der Waals surface area contributed by atoms with Gasteiger partial charge in [-0.1, -0.05) is 20.3 Å². The number of rotatable bonds is 5. The highest BCUT2D eigenvalue weighted by atomic mass is 16.5. The zero-order valence-electron chi connectivity index (χ0n) is 14.3. The molecule has 1 aliphatic heterocycles. The summed E-state index contributed by atoms with van der Waals surface area (Å²) in [5.74, 6) is 0.673. The minimum atomic E-state index is -0.549. The van der Waals surface area contributed by atoms with Gasteiger partial charge in [0.1, 0.15) is 0 Å². The van der Waals surface area contributed by atoms with Crippen molar-refractivity contribution in [3.8, 4) is 0 Å². The first kappa shape index (κ1) is 17.2. The van der Waals surface area contributed by atoms with Crippen LogP contribution < -0.4 is 5.32 Å². The third-order valence-electron chi connectivity index (χ3n) is 5.55. The van der Waals surface area contributed by atoms with Gasteiger partial charge in [0.2, 0.25) is 0 Å². The standard InChI is InChI=1S/C17H34N2O2/c1-16(2)7-5-6-14(15(16)18-3)12-19(4)13-17(20)8-10-21-11-9-17/h14-15,18,20H,5-13H2,1-4H3. The van der Waals surface area contributed by atoms with Crippen molar-refractivity contribution in [2.45, 2.75) is 57.6 Å². The number of ether oxygens (including phenoxy) is 1. The van der Waals surface area contributed by atoms with Crippen molar-refractivity contribution in [2.24, 2.45) is 11.3 Å². The number of aliphatic hydroxyl groups is 1. The molecule has 4 nitrogen and oxygen atoms in total. The Morgan fingerprint density at radius 1 is 1.24 bits per heavy atom. The largest absolute Gasteiger partial charge is 0.388 e. The molecular formula is C17H34N2O2. The minimum absolute atomic E-state index is 0.369. The van der Waals surface area contributed by atoms with Crippen molar-refractivity contribution >= 4 is 0 Å². The topological polar surface area (TPSA) is 44.7 Å². The Morgan fingerprint density at radius 3 is 2.52 bits per heavy atom. The van der Waals surface area contributed by atoms with Gasteiger partial charge in [-0.25, -0.2) is 0 Å². The first-order valence-corrected chi connectivity index (χ1v) is 8.52. The van der Waals surface area contributed by atoms with Crippen LogP contribution in [0.5, 0.6) is 0 Å². The monoisotopic (exact) mass is 298 g/mol. The van der Waals surface area contributed by atoms with E-state index in [0.29, 0.717) is 30.6 Å². The molecule has 2 N–H and O–H groups in total. The molecule has 2 aliphatic rings. The zero-order chi connectivity index (χ0) is 15.5. The highest BCUT2D eigenvalue weighted by Gasteiger charge is 2.39.